The zero-order chi connectivity index (χ0) is 13.4. The van der Waals surface area contributed by atoms with Crippen molar-refractivity contribution in [2.45, 2.75) is 6.54 Å². The second kappa shape index (κ2) is 8.02. The van der Waals surface area contributed by atoms with Crippen LogP contribution in [0.3, 0.4) is 0 Å². The maximum Gasteiger partial charge on any atom is 0.125 e. The van der Waals surface area contributed by atoms with Gasteiger partial charge in [0.2, 0.25) is 0 Å². The van der Waals surface area contributed by atoms with Gasteiger partial charge in [0, 0.05) is 39.5 Å². The minimum absolute atomic E-state index is 0.271. The van der Waals surface area contributed by atoms with Gasteiger partial charge in [-0.15, -0.1) is 0 Å². The third-order valence-corrected chi connectivity index (χ3v) is 2.67. The molecule has 0 radical (unpaired) electrons. The summed E-state index contributed by atoms with van der Waals surface area (Å²) < 4.78 is 23.6. The maximum atomic E-state index is 13.5. The van der Waals surface area contributed by atoms with E-state index in [0.717, 1.165) is 11.3 Å². The largest absolute Gasteiger partial charge is 0.383 e. The van der Waals surface area contributed by atoms with Crippen LogP contribution in [0.5, 0.6) is 0 Å². The van der Waals surface area contributed by atoms with E-state index in [0.29, 0.717) is 32.8 Å². The number of benzene rings is 1. The Labute approximate surface area is 107 Å². The van der Waals surface area contributed by atoms with Crippen molar-refractivity contribution in [1.29, 1.82) is 0 Å². The van der Waals surface area contributed by atoms with E-state index in [4.69, 9.17) is 15.2 Å². The van der Waals surface area contributed by atoms with E-state index in [2.05, 4.69) is 0 Å². The standard InChI is InChI=1S/C13H21FN2O2/c1-17-5-3-16(4-6-18-2)13-8-11(10-15)7-12(14)9-13/h7-9H,3-6,10,15H2,1-2H3. The Kier molecular flexibility index (Phi) is 6.64. The van der Waals surface area contributed by atoms with Crippen molar-refractivity contribution < 1.29 is 13.9 Å². The number of methoxy groups -OCH3 is 2. The van der Waals surface area contributed by atoms with Gasteiger partial charge in [-0.3, -0.25) is 0 Å². The van der Waals surface area contributed by atoms with Crippen LogP contribution in [0.4, 0.5) is 10.1 Å². The molecule has 0 aromatic heterocycles. The van der Waals surface area contributed by atoms with Gasteiger partial charge in [0.25, 0.3) is 0 Å². The number of rotatable bonds is 8. The molecule has 0 saturated carbocycles. The van der Waals surface area contributed by atoms with Crippen LogP contribution in [0.2, 0.25) is 0 Å². The fourth-order valence-corrected chi connectivity index (χ4v) is 1.71. The van der Waals surface area contributed by atoms with Crippen molar-refractivity contribution in [2.75, 3.05) is 45.4 Å². The Bertz CT molecular complexity index is 353. The average Bonchev–Trinajstić information content (AvgIpc) is 2.38. The maximum absolute atomic E-state index is 13.5. The van der Waals surface area contributed by atoms with Gasteiger partial charge in [-0.2, -0.15) is 0 Å². The molecular formula is C13H21FN2O2. The van der Waals surface area contributed by atoms with Crippen molar-refractivity contribution >= 4 is 5.69 Å². The lowest BCUT2D eigenvalue weighted by molar-refractivity contribution is 0.190. The van der Waals surface area contributed by atoms with E-state index in [1.54, 1.807) is 14.2 Å². The highest BCUT2D eigenvalue weighted by Gasteiger charge is 2.08. The summed E-state index contributed by atoms with van der Waals surface area (Å²) in [5, 5.41) is 0. The lowest BCUT2D eigenvalue weighted by Crippen LogP contribution is -2.30. The molecule has 0 bridgehead atoms. The number of nitrogens with zero attached hydrogens (tertiary/aromatic N) is 1. The monoisotopic (exact) mass is 256 g/mol. The molecule has 4 nitrogen and oxygen atoms in total. The molecule has 5 heteroatoms. The lowest BCUT2D eigenvalue weighted by atomic mass is 10.2. The van der Waals surface area contributed by atoms with Gasteiger partial charge in [-0.1, -0.05) is 0 Å². The first-order valence-corrected chi connectivity index (χ1v) is 5.93. The fourth-order valence-electron chi connectivity index (χ4n) is 1.71. The summed E-state index contributed by atoms with van der Waals surface area (Å²) in [5.41, 5.74) is 7.15. The molecule has 2 N–H and O–H groups in total. The van der Waals surface area contributed by atoms with Crippen LogP contribution in [-0.4, -0.2) is 40.5 Å². The van der Waals surface area contributed by atoms with Gasteiger partial charge in [0.1, 0.15) is 5.82 Å². The van der Waals surface area contributed by atoms with Gasteiger partial charge in [0.15, 0.2) is 0 Å². The number of ether oxygens (including phenoxy) is 2. The number of anilines is 1. The molecular weight excluding hydrogens is 235 g/mol. The van der Waals surface area contributed by atoms with E-state index in [-0.39, 0.29) is 5.82 Å². The van der Waals surface area contributed by atoms with Gasteiger partial charge in [0.05, 0.1) is 13.2 Å². The second-order valence-corrected chi connectivity index (χ2v) is 3.99. The molecule has 1 aromatic carbocycles. The minimum atomic E-state index is -0.271. The minimum Gasteiger partial charge on any atom is -0.383 e. The zero-order valence-corrected chi connectivity index (χ0v) is 11.0. The van der Waals surface area contributed by atoms with Crippen LogP contribution >= 0.6 is 0 Å². The summed E-state index contributed by atoms with van der Waals surface area (Å²) in [6, 6.07) is 4.85. The van der Waals surface area contributed by atoms with Crippen LogP contribution in [0, 0.1) is 5.82 Å². The first-order chi connectivity index (χ1) is 8.71. The van der Waals surface area contributed by atoms with E-state index >= 15 is 0 Å². The van der Waals surface area contributed by atoms with E-state index in [9.17, 15) is 4.39 Å². The number of hydrogen-bond acceptors (Lipinski definition) is 4. The highest BCUT2D eigenvalue weighted by molar-refractivity contribution is 5.49. The first-order valence-electron chi connectivity index (χ1n) is 5.93. The highest BCUT2D eigenvalue weighted by Crippen LogP contribution is 2.18. The van der Waals surface area contributed by atoms with Crippen LogP contribution in [-0.2, 0) is 16.0 Å². The lowest BCUT2D eigenvalue weighted by Gasteiger charge is -2.24. The molecule has 1 aromatic rings. The van der Waals surface area contributed by atoms with Gasteiger partial charge in [-0.25, -0.2) is 4.39 Å². The molecule has 0 amide bonds. The van der Waals surface area contributed by atoms with Gasteiger partial charge < -0.3 is 20.1 Å². The molecule has 102 valence electrons. The Balaban J connectivity index is 2.84. The predicted octanol–water partition coefficient (Wildman–Crippen LogP) is 1.38. The van der Waals surface area contributed by atoms with Crippen LogP contribution in [0.15, 0.2) is 18.2 Å². The van der Waals surface area contributed by atoms with Crippen molar-refractivity contribution in [3.05, 3.63) is 29.6 Å². The summed E-state index contributed by atoms with van der Waals surface area (Å²) in [7, 11) is 3.29. The van der Waals surface area contributed by atoms with Crippen LogP contribution < -0.4 is 10.6 Å². The SMILES string of the molecule is COCCN(CCOC)c1cc(F)cc(CN)c1. The Hall–Kier alpha value is -1.17. The fraction of sp³-hybridized carbons (Fsp3) is 0.538. The Morgan fingerprint density at radius 2 is 1.72 bits per heavy atom. The smallest absolute Gasteiger partial charge is 0.125 e. The van der Waals surface area contributed by atoms with Crippen molar-refractivity contribution in [2.24, 2.45) is 5.73 Å². The quantitative estimate of drug-likeness (QED) is 0.763. The Morgan fingerprint density at radius 3 is 2.22 bits per heavy atom. The molecule has 0 fully saturated rings. The second-order valence-electron chi connectivity index (χ2n) is 3.99. The molecule has 0 aliphatic rings. The number of hydrogen-bond donors (Lipinski definition) is 1. The molecule has 0 unspecified atom stereocenters. The molecule has 0 atom stereocenters. The molecule has 0 aliphatic carbocycles. The Morgan fingerprint density at radius 1 is 1.11 bits per heavy atom. The molecule has 1 rings (SSSR count). The third-order valence-electron chi connectivity index (χ3n) is 2.67. The predicted molar refractivity (Wildman–Crippen MR) is 70.3 cm³/mol. The normalized spacial score (nSPS) is 10.7. The van der Waals surface area contributed by atoms with Gasteiger partial charge in [-0.05, 0) is 23.8 Å². The van der Waals surface area contributed by atoms with Crippen molar-refractivity contribution in [3.8, 4) is 0 Å². The first kappa shape index (κ1) is 14.9. The summed E-state index contributed by atoms with van der Waals surface area (Å²) in [5.74, 6) is -0.271. The highest BCUT2D eigenvalue weighted by atomic mass is 19.1. The summed E-state index contributed by atoms with van der Waals surface area (Å²) in [6.45, 7) is 2.87. The number of halogens is 1. The molecule has 0 spiro atoms. The zero-order valence-electron chi connectivity index (χ0n) is 11.0. The average molecular weight is 256 g/mol. The summed E-state index contributed by atoms with van der Waals surface area (Å²) >= 11 is 0. The molecule has 0 saturated heterocycles. The van der Waals surface area contributed by atoms with Crippen LogP contribution in [0.1, 0.15) is 5.56 Å². The summed E-state index contributed by atoms with van der Waals surface area (Å²) in [6.07, 6.45) is 0. The molecule has 0 aliphatic heterocycles. The number of nitrogens with two attached hydrogens (primary N) is 1. The van der Waals surface area contributed by atoms with E-state index in [1.165, 1.54) is 12.1 Å². The topological polar surface area (TPSA) is 47.7 Å². The van der Waals surface area contributed by atoms with Crippen molar-refractivity contribution in [3.63, 3.8) is 0 Å². The molecule has 0 heterocycles. The summed E-state index contributed by atoms with van der Waals surface area (Å²) in [4.78, 5) is 2.02. The van der Waals surface area contributed by atoms with Crippen LogP contribution in [0.25, 0.3) is 0 Å². The van der Waals surface area contributed by atoms with Gasteiger partial charge >= 0.3 is 0 Å². The van der Waals surface area contributed by atoms with Crippen molar-refractivity contribution in [1.82, 2.24) is 0 Å². The molecule has 18 heavy (non-hydrogen) atoms. The van der Waals surface area contributed by atoms with E-state index in [1.807, 2.05) is 11.0 Å². The third kappa shape index (κ3) is 4.60. The van der Waals surface area contributed by atoms with E-state index < -0.39 is 0 Å².